The van der Waals surface area contributed by atoms with Gasteiger partial charge in [0, 0.05) is 11.9 Å². The quantitative estimate of drug-likeness (QED) is 0.525. The Hall–Kier alpha value is -0.900. The van der Waals surface area contributed by atoms with E-state index in [2.05, 4.69) is 10.3 Å². The molecule has 3 nitrogen and oxygen atoms in total. The van der Waals surface area contributed by atoms with Crippen LogP contribution >= 0.6 is 11.3 Å². The molecule has 0 bridgehead atoms. The van der Waals surface area contributed by atoms with Crippen LogP contribution in [0.2, 0.25) is 0 Å². The Morgan fingerprint density at radius 3 is 3.27 bits per heavy atom. The molecule has 0 aliphatic heterocycles. The van der Waals surface area contributed by atoms with Crippen molar-refractivity contribution in [3.63, 3.8) is 0 Å². The first-order chi connectivity index (χ1) is 5.43. The molecular weight excluding hydrogens is 160 g/mol. The number of aryl methyl sites for hydroxylation is 1. The molecule has 0 saturated heterocycles. The summed E-state index contributed by atoms with van der Waals surface area (Å²) in [5, 5.41) is 4.63. The fraction of sp³-hybridized carbons (Fsp3) is 0.429. The highest BCUT2D eigenvalue weighted by Crippen LogP contribution is 2.02. The Morgan fingerprint density at radius 2 is 2.64 bits per heavy atom. The molecule has 0 atom stereocenters. The van der Waals surface area contributed by atoms with Gasteiger partial charge >= 0.3 is 0 Å². The Balaban J connectivity index is 2.09. The van der Waals surface area contributed by atoms with E-state index in [0.717, 1.165) is 31.5 Å². The predicted octanol–water partition coefficient (Wildman–Crippen LogP) is 0.822. The molecule has 11 heavy (non-hydrogen) atoms. The first-order valence-electron chi connectivity index (χ1n) is 3.47. The third kappa shape index (κ3) is 3.13. The largest absolute Gasteiger partial charge is 0.359 e. The van der Waals surface area contributed by atoms with Gasteiger partial charge in [-0.15, -0.1) is 11.3 Å². The molecule has 1 amide bonds. The summed E-state index contributed by atoms with van der Waals surface area (Å²) in [7, 11) is 0. The molecule has 1 rings (SSSR count). The summed E-state index contributed by atoms with van der Waals surface area (Å²) in [6.07, 6.45) is 2.63. The summed E-state index contributed by atoms with van der Waals surface area (Å²) in [5.41, 5.74) is 2.94. The fourth-order valence-corrected chi connectivity index (χ4v) is 1.38. The smallest absolute Gasteiger partial charge is 0.207 e. The van der Waals surface area contributed by atoms with E-state index < -0.39 is 0 Å². The molecule has 0 saturated carbocycles. The summed E-state index contributed by atoms with van der Waals surface area (Å²) < 4.78 is 0. The van der Waals surface area contributed by atoms with Gasteiger partial charge in [-0.25, -0.2) is 4.98 Å². The molecular formula is C7H10N2OS. The van der Waals surface area contributed by atoms with E-state index >= 15 is 0 Å². The summed E-state index contributed by atoms with van der Waals surface area (Å²) in [6.45, 7) is 0.737. The summed E-state index contributed by atoms with van der Waals surface area (Å²) in [6, 6.07) is 0. The van der Waals surface area contributed by atoms with E-state index in [0.29, 0.717) is 0 Å². The van der Waals surface area contributed by atoms with Crippen molar-refractivity contribution >= 4 is 17.7 Å². The number of aromatic nitrogens is 1. The number of thiazole rings is 1. The van der Waals surface area contributed by atoms with Gasteiger partial charge in [0.25, 0.3) is 0 Å². The Morgan fingerprint density at radius 1 is 1.73 bits per heavy atom. The molecule has 1 aromatic heterocycles. The average Bonchev–Trinajstić information content (AvgIpc) is 2.50. The van der Waals surface area contributed by atoms with Crippen LogP contribution in [0, 0.1) is 0 Å². The Bertz CT molecular complexity index is 198. The van der Waals surface area contributed by atoms with Crippen molar-refractivity contribution < 1.29 is 4.79 Å². The second-order valence-electron chi connectivity index (χ2n) is 2.16. The van der Waals surface area contributed by atoms with Crippen LogP contribution in [0.3, 0.4) is 0 Å². The van der Waals surface area contributed by atoms with Crippen LogP contribution in [0.15, 0.2) is 10.9 Å². The molecule has 1 aromatic rings. The third-order valence-corrected chi connectivity index (χ3v) is 1.96. The topological polar surface area (TPSA) is 42.0 Å². The first kappa shape index (κ1) is 8.20. The van der Waals surface area contributed by atoms with Crippen LogP contribution < -0.4 is 5.32 Å². The van der Waals surface area contributed by atoms with Gasteiger partial charge in [0.15, 0.2) is 0 Å². The molecule has 0 aromatic carbocycles. The number of nitrogens with one attached hydrogen (secondary N) is 1. The summed E-state index contributed by atoms with van der Waals surface area (Å²) in [4.78, 5) is 14.0. The van der Waals surface area contributed by atoms with Crippen LogP contribution in [-0.4, -0.2) is 17.9 Å². The summed E-state index contributed by atoms with van der Waals surface area (Å²) >= 11 is 1.60. The third-order valence-electron chi connectivity index (χ3n) is 1.32. The van der Waals surface area contributed by atoms with E-state index in [1.807, 2.05) is 10.9 Å². The SMILES string of the molecule is O=CNCCCc1cscn1. The maximum absolute atomic E-state index is 9.84. The minimum Gasteiger partial charge on any atom is -0.359 e. The van der Waals surface area contributed by atoms with Crippen LogP contribution in [-0.2, 0) is 11.2 Å². The standard InChI is InChI=1S/C7H10N2OS/c10-5-8-3-1-2-7-4-11-6-9-7/h4-6H,1-3H2,(H,8,10). The van der Waals surface area contributed by atoms with Crippen molar-refractivity contribution in [1.29, 1.82) is 0 Å². The normalized spacial score (nSPS) is 9.45. The van der Waals surface area contributed by atoms with Crippen LogP contribution in [0.5, 0.6) is 0 Å². The van der Waals surface area contributed by atoms with Gasteiger partial charge in [0.1, 0.15) is 0 Å². The average molecular weight is 170 g/mol. The van der Waals surface area contributed by atoms with E-state index in [4.69, 9.17) is 0 Å². The van der Waals surface area contributed by atoms with E-state index in [1.54, 1.807) is 11.3 Å². The van der Waals surface area contributed by atoms with Crippen LogP contribution in [0.4, 0.5) is 0 Å². The van der Waals surface area contributed by atoms with Crippen molar-refractivity contribution in [2.45, 2.75) is 12.8 Å². The number of carbonyl (C=O) groups is 1. The van der Waals surface area contributed by atoms with E-state index in [1.165, 1.54) is 0 Å². The number of hydrogen-bond acceptors (Lipinski definition) is 3. The number of nitrogens with zero attached hydrogens (tertiary/aromatic N) is 1. The molecule has 0 radical (unpaired) electrons. The zero-order chi connectivity index (χ0) is 7.94. The highest BCUT2D eigenvalue weighted by Gasteiger charge is 1.92. The van der Waals surface area contributed by atoms with Crippen molar-refractivity contribution in [2.24, 2.45) is 0 Å². The van der Waals surface area contributed by atoms with Crippen molar-refractivity contribution in [3.05, 3.63) is 16.6 Å². The lowest BCUT2D eigenvalue weighted by Crippen LogP contribution is -2.12. The molecule has 4 heteroatoms. The van der Waals surface area contributed by atoms with Crippen LogP contribution in [0.25, 0.3) is 0 Å². The van der Waals surface area contributed by atoms with Gasteiger partial charge in [0.05, 0.1) is 11.2 Å². The van der Waals surface area contributed by atoms with Gasteiger partial charge < -0.3 is 5.32 Å². The number of rotatable bonds is 5. The number of amides is 1. The second-order valence-corrected chi connectivity index (χ2v) is 2.87. The lowest BCUT2D eigenvalue weighted by molar-refractivity contribution is -0.109. The molecule has 0 fully saturated rings. The molecule has 1 heterocycles. The van der Waals surface area contributed by atoms with Gasteiger partial charge in [-0.2, -0.15) is 0 Å². The van der Waals surface area contributed by atoms with Gasteiger partial charge in [-0.3, -0.25) is 4.79 Å². The Labute approximate surface area is 69.5 Å². The minimum absolute atomic E-state index is 0.723. The van der Waals surface area contributed by atoms with Gasteiger partial charge in [-0.1, -0.05) is 0 Å². The molecule has 0 spiro atoms. The second kappa shape index (κ2) is 4.85. The van der Waals surface area contributed by atoms with Crippen molar-refractivity contribution in [2.75, 3.05) is 6.54 Å². The lowest BCUT2D eigenvalue weighted by atomic mass is 10.2. The zero-order valence-electron chi connectivity index (χ0n) is 6.12. The van der Waals surface area contributed by atoms with Crippen LogP contribution in [0.1, 0.15) is 12.1 Å². The minimum atomic E-state index is 0.723. The summed E-state index contributed by atoms with van der Waals surface area (Å²) in [5.74, 6) is 0. The molecule has 0 unspecified atom stereocenters. The van der Waals surface area contributed by atoms with Crippen molar-refractivity contribution in [1.82, 2.24) is 10.3 Å². The zero-order valence-corrected chi connectivity index (χ0v) is 6.93. The van der Waals surface area contributed by atoms with Crippen molar-refractivity contribution in [3.8, 4) is 0 Å². The maximum atomic E-state index is 9.84. The highest BCUT2D eigenvalue weighted by atomic mass is 32.1. The maximum Gasteiger partial charge on any atom is 0.207 e. The predicted molar refractivity (Wildman–Crippen MR) is 44.5 cm³/mol. The number of carbonyl (C=O) groups excluding carboxylic acids is 1. The van der Waals surface area contributed by atoms with E-state index in [9.17, 15) is 4.79 Å². The molecule has 0 aliphatic carbocycles. The molecule has 60 valence electrons. The fourth-order valence-electron chi connectivity index (χ4n) is 0.791. The monoisotopic (exact) mass is 170 g/mol. The van der Waals surface area contributed by atoms with Gasteiger partial charge in [-0.05, 0) is 12.8 Å². The Kier molecular flexibility index (Phi) is 3.61. The van der Waals surface area contributed by atoms with Gasteiger partial charge in [0.2, 0.25) is 6.41 Å². The first-order valence-corrected chi connectivity index (χ1v) is 4.42. The lowest BCUT2D eigenvalue weighted by Gasteiger charge is -1.95. The van der Waals surface area contributed by atoms with E-state index in [-0.39, 0.29) is 0 Å². The highest BCUT2D eigenvalue weighted by molar-refractivity contribution is 7.07. The molecule has 1 N–H and O–H groups in total. The molecule has 0 aliphatic rings. The number of hydrogen-bond donors (Lipinski definition) is 1.